The molecule has 2 heterocycles. The van der Waals surface area contributed by atoms with E-state index in [0.717, 1.165) is 6.07 Å². The number of benzene rings is 1. The predicted molar refractivity (Wildman–Crippen MR) is 64.9 cm³/mol. The molecule has 1 aliphatic rings. The molecule has 1 aromatic carbocycles. The maximum absolute atomic E-state index is 13.1. The monoisotopic (exact) mass is 280 g/mol. The Labute approximate surface area is 113 Å². The second-order valence-corrected chi connectivity index (χ2v) is 4.09. The third-order valence-electron chi connectivity index (χ3n) is 2.64. The highest BCUT2D eigenvalue weighted by Gasteiger charge is 2.17. The highest BCUT2D eigenvalue weighted by Crippen LogP contribution is 2.23. The van der Waals surface area contributed by atoms with E-state index in [9.17, 15) is 8.78 Å². The first kappa shape index (κ1) is 12.5. The molecule has 2 aromatic rings. The van der Waals surface area contributed by atoms with Gasteiger partial charge in [0, 0.05) is 24.0 Å². The largest absolute Gasteiger partial charge is 0.472 e. The summed E-state index contributed by atoms with van der Waals surface area (Å²) in [7, 11) is 0. The molecule has 20 heavy (non-hydrogen) atoms. The van der Waals surface area contributed by atoms with E-state index in [2.05, 4.69) is 9.68 Å². The molecule has 0 unspecified atom stereocenters. The molecular formula is C13H10F2N2O3. The Balaban J connectivity index is 1.67. The molecule has 0 amide bonds. The van der Waals surface area contributed by atoms with Crippen LogP contribution in [-0.4, -0.2) is 18.5 Å². The van der Waals surface area contributed by atoms with E-state index in [1.807, 2.05) is 0 Å². The minimum atomic E-state index is -0.638. The smallest absolute Gasteiger partial charge is 0.254 e. The van der Waals surface area contributed by atoms with Crippen molar-refractivity contribution in [3.8, 4) is 5.88 Å². The van der Waals surface area contributed by atoms with Gasteiger partial charge in [-0.15, -0.1) is 0 Å². The summed E-state index contributed by atoms with van der Waals surface area (Å²) in [6.07, 6.45) is 3.01. The van der Waals surface area contributed by atoms with Crippen molar-refractivity contribution >= 4 is 5.69 Å². The van der Waals surface area contributed by atoms with E-state index >= 15 is 0 Å². The molecule has 0 saturated carbocycles. The number of hydrogen-bond donors (Lipinski definition) is 0. The second kappa shape index (κ2) is 5.20. The molecule has 1 aliphatic heterocycles. The molecule has 3 rings (SSSR count). The van der Waals surface area contributed by atoms with Crippen molar-refractivity contribution in [2.75, 3.05) is 18.2 Å². The average Bonchev–Trinajstić information content (AvgIpc) is 3.07. The summed E-state index contributed by atoms with van der Waals surface area (Å²) in [5, 5.41) is 3.58. The van der Waals surface area contributed by atoms with E-state index < -0.39 is 11.6 Å². The summed E-state index contributed by atoms with van der Waals surface area (Å²) in [6.45, 7) is 0.321. The molecule has 7 heteroatoms. The number of nitrogens with zero attached hydrogens (tertiary/aromatic N) is 2. The van der Waals surface area contributed by atoms with Gasteiger partial charge in [-0.25, -0.2) is 8.78 Å². The van der Waals surface area contributed by atoms with Crippen LogP contribution in [0.4, 0.5) is 14.5 Å². The number of rotatable bonds is 4. The Kier molecular flexibility index (Phi) is 3.24. The zero-order valence-electron chi connectivity index (χ0n) is 10.3. The summed E-state index contributed by atoms with van der Waals surface area (Å²) in [6, 6.07) is 4.84. The molecule has 0 radical (unpaired) electrons. The van der Waals surface area contributed by atoms with Crippen LogP contribution in [0.25, 0.3) is 0 Å². The lowest BCUT2D eigenvalue weighted by Gasteiger charge is -2.13. The van der Waals surface area contributed by atoms with E-state index in [-0.39, 0.29) is 13.3 Å². The van der Waals surface area contributed by atoms with Gasteiger partial charge in [0.25, 0.3) is 5.88 Å². The van der Waals surface area contributed by atoms with Gasteiger partial charge in [0.2, 0.25) is 0 Å². The Morgan fingerprint density at radius 1 is 1.25 bits per heavy atom. The molecule has 0 bridgehead atoms. The highest BCUT2D eigenvalue weighted by atomic mass is 19.1. The standard InChI is InChI=1S/C13H10F2N2O3/c14-9-3-10(15)5-11(4-9)17-6-12(19-8-17)7-18-13-1-2-20-16-13/h1-6H,7-8H2. The molecule has 104 valence electrons. The maximum Gasteiger partial charge on any atom is 0.254 e. The molecule has 0 saturated heterocycles. The van der Waals surface area contributed by atoms with Crippen LogP contribution >= 0.6 is 0 Å². The lowest BCUT2D eigenvalue weighted by atomic mass is 10.3. The highest BCUT2D eigenvalue weighted by molar-refractivity contribution is 5.50. The quantitative estimate of drug-likeness (QED) is 0.861. The zero-order chi connectivity index (χ0) is 13.9. The Hall–Kier alpha value is -2.57. The van der Waals surface area contributed by atoms with Gasteiger partial charge in [-0.3, -0.25) is 0 Å². The summed E-state index contributed by atoms with van der Waals surface area (Å²) in [5.41, 5.74) is 0.374. The fourth-order valence-corrected chi connectivity index (χ4v) is 1.75. The fourth-order valence-electron chi connectivity index (χ4n) is 1.75. The van der Waals surface area contributed by atoms with Crippen molar-refractivity contribution in [1.82, 2.24) is 5.16 Å². The van der Waals surface area contributed by atoms with Crippen molar-refractivity contribution in [2.24, 2.45) is 0 Å². The van der Waals surface area contributed by atoms with Gasteiger partial charge in [-0.2, -0.15) is 0 Å². The molecular weight excluding hydrogens is 270 g/mol. The molecule has 0 spiro atoms. The van der Waals surface area contributed by atoms with Gasteiger partial charge in [0.05, 0.1) is 0 Å². The number of anilines is 1. The molecule has 0 N–H and O–H groups in total. The molecule has 0 fully saturated rings. The normalized spacial score (nSPS) is 14.1. The minimum Gasteiger partial charge on any atom is -0.472 e. The van der Waals surface area contributed by atoms with E-state index in [0.29, 0.717) is 17.3 Å². The first-order chi connectivity index (χ1) is 9.70. The zero-order valence-corrected chi connectivity index (χ0v) is 10.3. The SMILES string of the molecule is Fc1cc(F)cc(N2C=C(COc3ccon3)OC2)c1. The summed E-state index contributed by atoms with van der Waals surface area (Å²) >= 11 is 0. The van der Waals surface area contributed by atoms with Crippen molar-refractivity contribution in [2.45, 2.75) is 0 Å². The van der Waals surface area contributed by atoms with Gasteiger partial charge in [0.1, 0.15) is 24.5 Å². The summed E-state index contributed by atoms with van der Waals surface area (Å²) in [5.74, 6) is -0.413. The predicted octanol–water partition coefficient (Wildman–Crippen LogP) is 2.67. The number of hydrogen-bond acceptors (Lipinski definition) is 5. The van der Waals surface area contributed by atoms with Crippen LogP contribution in [0.2, 0.25) is 0 Å². The lowest BCUT2D eigenvalue weighted by molar-refractivity contribution is 0.188. The minimum absolute atomic E-state index is 0.154. The van der Waals surface area contributed by atoms with Crippen LogP contribution in [0.15, 0.2) is 47.0 Å². The van der Waals surface area contributed by atoms with Crippen molar-refractivity contribution < 1.29 is 22.8 Å². The Bertz CT molecular complexity index is 608. The van der Waals surface area contributed by atoms with Crippen LogP contribution in [0.5, 0.6) is 5.88 Å². The third kappa shape index (κ3) is 2.71. The number of halogens is 2. The lowest BCUT2D eigenvalue weighted by Crippen LogP contribution is -2.13. The molecule has 0 aliphatic carbocycles. The Morgan fingerprint density at radius 2 is 2.05 bits per heavy atom. The van der Waals surface area contributed by atoms with Gasteiger partial charge < -0.3 is 18.9 Å². The van der Waals surface area contributed by atoms with Crippen LogP contribution in [0.3, 0.4) is 0 Å². The van der Waals surface area contributed by atoms with E-state index in [4.69, 9.17) is 9.47 Å². The fraction of sp³-hybridized carbons (Fsp3) is 0.154. The third-order valence-corrected chi connectivity index (χ3v) is 2.64. The average molecular weight is 280 g/mol. The van der Waals surface area contributed by atoms with Crippen LogP contribution in [-0.2, 0) is 4.74 Å². The van der Waals surface area contributed by atoms with Gasteiger partial charge >= 0.3 is 0 Å². The van der Waals surface area contributed by atoms with Crippen molar-refractivity contribution in [1.29, 1.82) is 0 Å². The van der Waals surface area contributed by atoms with Crippen LogP contribution in [0.1, 0.15) is 0 Å². The van der Waals surface area contributed by atoms with Crippen molar-refractivity contribution in [3.05, 3.63) is 54.1 Å². The van der Waals surface area contributed by atoms with Gasteiger partial charge in [0.15, 0.2) is 12.5 Å². The Morgan fingerprint density at radius 3 is 2.75 bits per heavy atom. The maximum atomic E-state index is 13.1. The summed E-state index contributed by atoms with van der Waals surface area (Å²) in [4.78, 5) is 1.58. The molecule has 5 nitrogen and oxygen atoms in total. The number of aromatic nitrogens is 1. The van der Waals surface area contributed by atoms with Crippen LogP contribution < -0.4 is 9.64 Å². The first-order valence-corrected chi connectivity index (χ1v) is 5.80. The molecule has 1 aromatic heterocycles. The number of ether oxygens (including phenoxy) is 2. The van der Waals surface area contributed by atoms with Crippen LogP contribution in [0, 0.1) is 11.6 Å². The first-order valence-electron chi connectivity index (χ1n) is 5.80. The van der Waals surface area contributed by atoms with Gasteiger partial charge in [-0.1, -0.05) is 0 Å². The van der Waals surface area contributed by atoms with Gasteiger partial charge in [-0.05, 0) is 17.3 Å². The van der Waals surface area contributed by atoms with Crippen molar-refractivity contribution in [3.63, 3.8) is 0 Å². The van der Waals surface area contributed by atoms with E-state index in [1.165, 1.54) is 18.4 Å². The topological polar surface area (TPSA) is 47.7 Å². The summed E-state index contributed by atoms with van der Waals surface area (Å²) < 4.78 is 41.5. The molecule has 0 atom stereocenters. The second-order valence-electron chi connectivity index (χ2n) is 4.09. The van der Waals surface area contributed by atoms with E-state index in [1.54, 1.807) is 17.2 Å².